The van der Waals surface area contributed by atoms with E-state index in [2.05, 4.69) is 16.5 Å². The summed E-state index contributed by atoms with van der Waals surface area (Å²) in [5.74, 6) is -0.675. The zero-order valence-corrected chi connectivity index (χ0v) is 15.6. The Morgan fingerprint density at radius 1 is 1.19 bits per heavy atom. The van der Waals surface area contributed by atoms with Crippen LogP contribution in [0.2, 0.25) is 0 Å². The van der Waals surface area contributed by atoms with Crippen molar-refractivity contribution >= 4 is 16.9 Å². The number of piperidine rings is 1. The van der Waals surface area contributed by atoms with Crippen LogP contribution in [0.15, 0.2) is 24.4 Å². The Hall–Kier alpha value is -1.92. The number of fused-ring (bicyclic) bond motifs is 3. The summed E-state index contributed by atoms with van der Waals surface area (Å²) >= 11 is 0. The highest BCUT2D eigenvalue weighted by Gasteiger charge is 2.40. The number of halogens is 1. The van der Waals surface area contributed by atoms with Gasteiger partial charge in [-0.2, -0.15) is 0 Å². The Morgan fingerprint density at radius 2 is 1.96 bits per heavy atom. The molecule has 5 nitrogen and oxygen atoms in total. The lowest BCUT2D eigenvalue weighted by Gasteiger charge is -2.35. The minimum absolute atomic E-state index is 0.0482. The van der Waals surface area contributed by atoms with Crippen molar-refractivity contribution in [3.05, 3.63) is 35.8 Å². The van der Waals surface area contributed by atoms with Crippen LogP contribution in [0.3, 0.4) is 0 Å². The molecule has 3 saturated heterocycles. The van der Waals surface area contributed by atoms with Crippen LogP contribution in [0.1, 0.15) is 48.5 Å². The average molecular weight is 372 g/mol. The first-order valence-electron chi connectivity index (χ1n) is 9.91. The second kappa shape index (κ2) is 6.60. The van der Waals surface area contributed by atoms with E-state index in [1.165, 1.54) is 25.0 Å². The number of rotatable bonds is 3. The SMILES string of the molecule is CN1[C@@H]2CC[C@H]1C[C@@H](OC(=O)c1cn(C3CCOC3)c3ccc(F)cc13)C2. The molecule has 144 valence electrons. The first-order valence-corrected chi connectivity index (χ1v) is 9.91. The lowest BCUT2D eigenvalue weighted by atomic mass is 10.0. The fraction of sp³-hybridized carbons (Fsp3) is 0.571. The van der Waals surface area contributed by atoms with Gasteiger partial charge in [-0.1, -0.05) is 0 Å². The lowest BCUT2D eigenvalue weighted by Crippen LogP contribution is -2.43. The van der Waals surface area contributed by atoms with E-state index in [1.807, 2.05) is 6.20 Å². The summed E-state index contributed by atoms with van der Waals surface area (Å²) in [6.07, 6.45) is 6.82. The highest BCUT2D eigenvalue weighted by Crippen LogP contribution is 2.36. The molecule has 1 aromatic heterocycles. The maximum absolute atomic E-state index is 13.9. The van der Waals surface area contributed by atoms with E-state index < -0.39 is 0 Å². The Labute approximate surface area is 158 Å². The van der Waals surface area contributed by atoms with Crippen molar-refractivity contribution in [1.29, 1.82) is 0 Å². The molecule has 4 heterocycles. The number of hydrogen-bond acceptors (Lipinski definition) is 4. The molecule has 2 aromatic rings. The third-order valence-corrected chi connectivity index (χ3v) is 6.64. The topological polar surface area (TPSA) is 43.7 Å². The predicted molar refractivity (Wildman–Crippen MR) is 99.4 cm³/mol. The van der Waals surface area contributed by atoms with Crippen LogP contribution in [-0.2, 0) is 9.47 Å². The molecule has 3 aliphatic heterocycles. The van der Waals surface area contributed by atoms with Crippen LogP contribution in [0.5, 0.6) is 0 Å². The zero-order chi connectivity index (χ0) is 18.5. The number of carbonyl (C=O) groups is 1. The predicted octanol–water partition coefficient (Wildman–Crippen LogP) is 3.52. The summed E-state index contributed by atoms with van der Waals surface area (Å²) < 4.78 is 27.3. The van der Waals surface area contributed by atoms with Crippen molar-refractivity contribution in [3.63, 3.8) is 0 Å². The van der Waals surface area contributed by atoms with Gasteiger partial charge in [-0.3, -0.25) is 0 Å². The minimum Gasteiger partial charge on any atom is -0.459 e. The second-order valence-corrected chi connectivity index (χ2v) is 8.18. The zero-order valence-electron chi connectivity index (χ0n) is 15.6. The number of benzene rings is 1. The molecular weight excluding hydrogens is 347 g/mol. The normalized spacial score (nSPS) is 30.9. The molecule has 5 rings (SSSR count). The molecule has 2 bridgehead atoms. The Balaban J connectivity index is 1.43. The van der Waals surface area contributed by atoms with Gasteiger partial charge in [-0.15, -0.1) is 0 Å². The number of hydrogen-bond donors (Lipinski definition) is 0. The van der Waals surface area contributed by atoms with Crippen molar-refractivity contribution in [2.45, 2.75) is 56.3 Å². The summed E-state index contributed by atoms with van der Waals surface area (Å²) in [5, 5.41) is 0.628. The van der Waals surface area contributed by atoms with Gasteiger partial charge in [-0.25, -0.2) is 9.18 Å². The van der Waals surface area contributed by atoms with Gasteiger partial charge < -0.3 is 18.9 Å². The summed E-state index contributed by atoms with van der Waals surface area (Å²) in [6.45, 7) is 1.33. The number of esters is 1. The number of carbonyl (C=O) groups excluding carboxylic acids is 1. The Kier molecular flexibility index (Phi) is 4.20. The van der Waals surface area contributed by atoms with Gasteiger partial charge in [-0.05, 0) is 44.5 Å². The summed E-state index contributed by atoms with van der Waals surface area (Å²) in [5.41, 5.74) is 1.32. The molecule has 3 aliphatic rings. The minimum atomic E-state index is -0.339. The molecule has 4 atom stereocenters. The molecule has 6 heteroatoms. The van der Waals surface area contributed by atoms with Crippen molar-refractivity contribution in [2.75, 3.05) is 20.3 Å². The van der Waals surface area contributed by atoms with Gasteiger partial charge >= 0.3 is 5.97 Å². The van der Waals surface area contributed by atoms with Crippen molar-refractivity contribution in [2.24, 2.45) is 0 Å². The maximum Gasteiger partial charge on any atom is 0.340 e. The van der Waals surface area contributed by atoms with E-state index in [1.54, 1.807) is 6.07 Å². The van der Waals surface area contributed by atoms with Crippen LogP contribution in [0.4, 0.5) is 4.39 Å². The van der Waals surface area contributed by atoms with Crippen molar-refractivity contribution in [1.82, 2.24) is 9.47 Å². The van der Waals surface area contributed by atoms with Gasteiger partial charge in [0.2, 0.25) is 0 Å². The molecule has 0 amide bonds. The quantitative estimate of drug-likeness (QED) is 0.774. The van der Waals surface area contributed by atoms with E-state index in [-0.39, 0.29) is 23.9 Å². The van der Waals surface area contributed by atoms with Crippen LogP contribution >= 0.6 is 0 Å². The molecule has 0 radical (unpaired) electrons. The van der Waals surface area contributed by atoms with Crippen molar-refractivity contribution < 1.29 is 18.7 Å². The van der Waals surface area contributed by atoms with Gasteiger partial charge in [0.15, 0.2) is 0 Å². The molecule has 0 saturated carbocycles. The molecule has 0 N–H and O–H groups in total. The van der Waals surface area contributed by atoms with E-state index in [0.29, 0.717) is 36.2 Å². The number of ether oxygens (including phenoxy) is 2. The number of nitrogens with zero attached hydrogens (tertiary/aromatic N) is 2. The number of aromatic nitrogens is 1. The molecule has 0 aliphatic carbocycles. The summed E-state index contributed by atoms with van der Waals surface area (Å²) in [6, 6.07) is 5.83. The highest BCUT2D eigenvalue weighted by atomic mass is 19.1. The molecular formula is C21H25FN2O3. The standard InChI is InChI=1S/C21H25FN2O3/c1-23-14-3-4-15(23)10-17(9-14)27-21(25)19-11-24(16-6-7-26-12-16)20-5-2-13(22)8-18(19)20/h2,5,8,11,14-17H,3-4,6-7,9-10,12H2,1H3/t14-,15+,16?,17+. The molecule has 1 unspecified atom stereocenters. The van der Waals surface area contributed by atoms with E-state index in [4.69, 9.17) is 9.47 Å². The van der Waals surface area contributed by atoms with Crippen molar-refractivity contribution in [3.8, 4) is 0 Å². The lowest BCUT2D eigenvalue weighted by molar-refractivity contribution is -0.000291. The Morgan fingerprint density at radius 3 is 2.67 bits per heavy atom. The maximum atomic E-state index is 13.9. The summed E-state index contributed by atoms with van der Waals surface area (Å²) in [7, 11) is 2.17. The Bertz CT molecular complexity index is 860. The summed E-state index contributed by atoms with van der Waals surface area (Å²) in [4.78, 5) is 15.4. The first kappa shape index (κ1) is 17.2. The fourth-order valence-electron chi connectivity index (χ4n) is 5.11. The largest absolute Gasteiger partial charge is 0.459 e. The third kappa shape index (κ3) is 2.95. The van der Waals surface area contributed by atoms with Crippen LogP contribution in [0.25, 0.3) is 10.9 Å². The third-order valence-electron chi connectivity index (χ3n) is 6.64. The van der Waals surface area contributed by atoms with E-state index in [9.17, 15) is 9.18 Å². The van der Waals surface area contributed by atoms with Gasteiger partial charge in [0.25, 0.3) is 0 Å². The smallest absolute Gasteiger partial charge is 0.340 e. The molecule has 0 spiro atoms. The van der Waals surface area contributed by atoms with Gasteiger partial charge in [0.1, 0.15) is 11.9 Å². The van der Waals surface area contributed by atoms with E-state index in [0.717, 1.165) is 24.8 Å². The first-order chi connectivity index (χ1) is 13.1. The molecule has 27 heavy (non-hydrogen) atoms. The fourth-order valence-corrected chi connectivity index (χ4v) is 5.11. The van der Waals surface area contributed by atoms with Crippen LogP contribution < -0.4 is 0 Å². The second-order valence-electron chi connectivity index (χ2n) is 8.18. The van der Waals surface area contributed by atoms with E-state index >= 15 is 0 Å². The van der Waals surface area contributed by atoms with Crippen LogP contribution in [-0.4, -0.2) is 53.9 Å². The van der Waals surface area contributed by atoms with Gasteiger partial charge in [0, 0.05) is 48.6 Å². The molecule has 1 aromatic carbocycles. The van der Waals surface area contributed by atoms with Crippen LogP contribution in [0, 0.1) is 5.82 Å². The highest BCUT2D eigenvalue weighted by molar-refractivity contribution is 6.04. The van der Waals surface area contributed by atoms with Gasteiger partial charge in [0.05, 0.1) is 18.2 Å². The average Bonchev–Trinajstić information content (AvgIpc) is 3.33. The monoisotopic (exact) mass is 372 g/mol. The molecule has 3 fully saturated rings.